The van der Waals surface area contributed by atoms with Crippen molar-refractivity contribution in [2.24, 2.45) is 12.8 Å². The van der Waals surface area contributed by atoms with Crippen LogP contribution in [0.5, 0.6) is 0 Å². The zero-order chi connectivity index (χ0) is 21.6. The molecule has 0 aliphatic carbocycles. The van der Waals surface area contributed by atoms with Gasteiger partial charge in [-0.25, -0.2) is 8.42 Å². The summed E-state index contributed by atoms with van der Waals surface area (Å²) in [5.41, 5.74) is 6.81. The highest BCUT2D eigenvalue weighted by Gasteiger charge is 2.33. The number of carbonyl (C=O) groups excluding carboxylic acids is 2. The van der Waals surface area contributed by atoms with Gasteiger partial charge < -0.3 is 19.6 Å². The van der Waals surface area contributed by atoms with Crippen LogP contribution in [0.1, 0.15) is 26.6 Å². The van der Waals surface area contributed by atoms with Crippen LogP contribution in [0.2, 0.25) is 0 Å². The maximum Gasteiger partial charge on any atom is 0.289 e. The van der Waals surface area contributed by atoms with Gasteiger partial charge in [0.15, 0.2) is 5.76 Å². The zero-order valence-electron chi connectivity index (χ0n) is 16.7. The van der Waals surface area contributed by atoms with Crippen LogP contribution in [-0.4, -0.2) is 60.2 Å². The minimum atomic E-state index is -3.80. The molecule has 158 valence electrons. The van der Waals surface area contributed by atoms with E-state index in [1.54, 1.807) is 11.9 Å². The number of furan rings is 1. The minimum absolute atomic E-state index is 0.00621. The molecule has 1 fully saturated rings. The number of carbonyl (C=O) groups is 2. The highest BCUT2D eigenvalue weighted by atomic mass is 32.2. The van der Waals surface area contributed by atoms with E-state index in [0.29, 0.717) is 5.58 Å². The van der Waals surface area contributed by atoms with Gasteiger partial charge in [0.05, 0.1) is 0 Å². The van der Waals surface area contributed by atoms with Crippen molar-refractivity contribution < 1.29 is 22.4 Å². The molecule has 4 rings (SSSR count). The number of nitrogens with two attached hydrogens (primary N) is 1. The number of nitrogens with zero attached hydrogens (tertiary/aromatic N) is 3. The Hall–Kier alpha value is -3.11. The topological polar surface area (TPSA) is 119 Å². The number of sulfonamides is 1. The summed E-state index contributed by atoms with van der Waals surface area (Å²) in [7, 11) is -2.24. The van der Waals surface area contributed by atoms with E-state index in [2.05, 4.69) is 0 Å². The van der Waals surface area contributed by atoms with Gasteiger partial charge in [0, 0.05) is 50.4 Å². The smallest absolute Gasteiger partial charge is 0.289 e. The van der Waals surface area contributed by atoms with Crippen molar-refractivity contribution in [1.29, 1.82) is 0 Å². The third-order valence-corrected chi connectivity index (χ3v) is 7.30. The zero-order valence-corrected chi connectivity index (χ0v) is 17.5. The van der Waals surface area contributed by atoms with Crippen LogP contribution >= 0.6 is 0 Å². The van der Waals surface area contributed by atoms with Gasteiger partial charge in [0.1, 0.15) is 16.2 Å². The lowest BCUT2D eigenvalue weighted by Gasteiger charge is -2.33. The molecule has 2 amide bonds. The number of hydrogen-bond donors (Lipinski definition) is 1. The van der Waals surface area contributed by atoms with Crippen molar-refractivity contribution in [3.63, 3.8) is 0 Å². The quantitative estimate of drug-likeness (QED) is 0.670. The number of para-hydroxylation sites is 1. The molecule has 3 aromatic rings. The van der Waals surface area contributed by atoms with Crippen LogP contribution in [0.4, 0.5) is 0 Å². The third kappa shape index (κ3) is 3.27. The molecule has 30 heavy (non-hydrogen) atoms. The SMILES string of the molecule is Cc1c(C(=O)N2CCN(S(=O)(=O)c3cc(C(N)=O)n(C)c3)CC2)oc2ccccc12. The maximum absolute atomic E-state index is 12.9. The van der Waals surface area contributed by atoms with Gasteiger partial charge >= 0.3 is 0 Å². The molecule has 10 heteroatoms. The third-order valence-electron chi connectivity index (χ3n) is 5.43. The van der Waals surface area contributed by atoms with E-state index in [1.165, 1.54) is 21.1 Å². The van der Waals surface area contributed by atoms with E-state index in [0.717, 1.165) is 10.9 Å². The summed E-state index contributed by atoms with van der Waals surface area (Å²) in [6, 6.07) is 8.71. The van der Waals surface area contributed by atoms with E-state index in [-0.39, 0.29) is 48.4 Å². The Kier molecular flexibility index (Phi) is 4.91. The summed E-state index contributed by atoms with van der Waals surface area (Å²) in [5.74, 6) is -0.672. The normalized spacial score (nSPS) is 15.6. The summed E-state index contributed by atoms with van der Waals surface area (Å²) in [4.78, 5) is 26.0. The Morgan fingerprint density at radius 1 is 1.10 bits per heavy atom. The lowest BCUT2D eigenvalue weighted by Crippen LogP contribution is -2.50. The van der Waals surface area contributed by atoms with Crippen molar-refractivity contribution in [2.75, 3.05) is 26.2 Å². The molecule has 2 aromatic heterocycles. The van der Waals surface area contributed by atoms with Crippen molar-refractivity contribution in [2.45, 2.75) is 11.8 Å². The summed E-state index contributed by atoms with van der Waals surface area (Å²) >= 11 is 0. The molecule has 2 N–H and O–H groups in total. The monoisotopic (exact) mass is 430 g/mol. The van der Waals surface area contributed by atoms with Gasteiger partial charge in [0.25, 0.3) is 11.8 Å². The predicted octanol–water partition coefficient (Wildman–Crippen LogP) is 1.33. The van der Waals surface area contributed by atoms with E-state index >= 15 is 0 Å². The first-order valence-corrected chi connectivity index (χ1v) is 10.9. The van der Waals surface area contributed by atoms with Crippen molar-refractivity contribution in [3.05, 3.63) is 53.5 Å². The molecule has 0 spiro atoms. The average molecular weight is 430 g/mol. The summed E-state index contributed by atoms with van der Waals surface area (Å²) in [5, 5.41) is 0.886. The van der Waals surface area contributed by atoms with Crippen LogP contribution < -0.4 is 5.73 Å². The molecule has 0 bridgehead atoms. The molecule has 0 unspecified atom stereocenters. The van der Waals surface area contributed by atoms with E-state index in [4.69, 9.17) is 10.2 Å². The Morgan fingerprint density at radius 3 is 2.37 bits per heavy atom. The van der Waals surface area contributed by atoms with Crippen LogP contribution in [0, 0.1) is 6.92 Å². The van der Waals surface area contributed by atoms with E-state index in [9.17, 15) is 18.0 Å². The number of primary amides is 1. The molecule has 1 aliphatic rings. The van der Waals surface area contributed by atoms with E-state index in [1.807, 2.05) is 31.2 Å². The lowest BCUT2D eigenvalue weighted by atomic mass is 10.1. The molecular weight excluding hydrogens is 408 g/mol. The Balaban J connectivity index is 1.50. The molecule has 1 aromatic carbocycles. The van der Waals surface area contributed by atoms with Gasteiger partial charge in [-0.3, -0.25) is 9.59 Å². The number of rotatable bonds is 4. The molecule has 3 heterocycles. The molecule has 0 saturated carbocycles. The second-order valence-corrected chi connectivity index (χ2v) is 9.22. The largest absolute Gasteiger partial charge is 0.451 e. The number of fused-ring (bicyclic) bond motifs is 1. The van der Waals surface area contributed by atoms with Gasteiger partial charge in [-0.15, -0.1) is 0 Å². The number of aryl methyl sites for hydroxylation is 2. The molecular formula is C20H22N4O5S. The van der Waals surface area contributed by atoms with Crippen LogP contribution in [0.15, 0.2) is 45.8 Å². The molecule has 0 atom stereocenters. The van der Waals surface area contributed by atoms with Crippen LogP contribution in [0.3, 0.4) is 0 Å². The fourth-order valence-electron chi connectivity index (χ4n) is 3.72. The number of benzene rings is 1. The van der Waals surface area contributed by atoms with Crippen LogP contribution in [-0.2, 0) is 17.1 Å². The van der Waals surface area contributed by atoms with Crippen LogP contribution in [0.25, 0.3) is 11.0 Å². The Bertz CT molecular complexity index is 1250. The van der Waals surface area contributed by atoms with Crippen molar-refractivity contribution in [3.8, 4) is 0 Å². The van der Waals surface area contributed by atoms with E-state index < -0.39 is 15.9 Å². The highest BCUT2D eigenvalue weighted by molar-refractivity contribution is 7.89. The molecule has 1 aliphatic heterocycles. The van der Waals surface area contributed by atoms with Crippen molar-refractivity contribution in [1.82, 2.24) is 13.8 Å². The standard InChI is InChI=1S/C20H22N4O5S/c1-13-15-5-3-4-6-17(15)29-18(13)20(26)23-7-9-24(10-8-23)30(27,28)14-11-16(19(21)25)22(2)12-14/h3-6,11-12H,7-10H2,1-2H3,(H2,21,25). The fourth-order valence-corrected chi connectivity index (χ4v) is 5.22. The second kappa shape index (κ2) is 7.29. The Labute approximate surface area is 173 Å². The first-order chi connectivity index (χ1) is 14.2. The molecule has 9 nitrogen and oxygen atoms in total. The average Bonchev–Trinajstić information content (AvgIpc) is 3.29. The van der Waals surface area contributed by atoms with Gasteiger partial charge in [-0.1, -0.05) is 18.2 Å². The first kappa shape index (κ1) is 20.2. The maximum atomic E-state index is 12.9. The Morgan fingerprint density at radius 2 is 1.77 bits per heavy atom. The predicted molar refractivity (Wildman–Crippen MR) is 110 cm³/mol. The number of hydrogen-bond acceptors (Lipinski definition) is 5. The summed E-state index contributed by atoms with van der Waals surface area (Å²) < 4.78 is 34.3. The molecule has 0 radical (unpaired) electrons. The summed E-state index contributed by atoms with van der Waals surface area (Å²) in [6.45, 7) is 2.61. The summed E-state index contributed by atoms with van der Waals surface area (Å²) in [6.07, 6.45) is 1.37. The van der Waals surface area contributed by atoms with Gasteiger partial charge in [-0.2, -0.15) is 4.31 Å². The number of amides is 2. The number of aromatic nitrogens is 1. The first-order valence-electron chi connectivity index (χ1n) is 9.44. The fraction of sp³-hybridized carbons (Fsp3) is 0.300. The van der Waals surface area contributed by atoms with Gasteiger partial charge in [-0.05, 0) is 19.1 Å². The van der Waals surface area contributed by atoms with Gasteiger partial charge in [0.2, 0.25) is 10.0 Å². The second-order valence-electron chi connectivity index (χ2n) is 7.28. The van der Waals surface area contributed by atoms with Crippen molar-refractivity contribution >= 4 is 32.8 Å². The number of piperazine rings is 1. The minimum Gasteiger partial charge on any atom is -0.451 e. The molecule has 1 saturated heterocycles. The highest BCUT2D eigenvalue weighted by Crippen LogP contribution is 2.27. The lowest BCUT2D eigenvalue weighted by molar-refractivity contribution is 0.0667.